The van der Waals surface area contributed by atoms with E-state index in [-0.39, 0.29) is 35.2 Å². The minimum atomic E-state index is -4.73. The van der Waals surface area contributed by atoms with Gasteiger partial charge >= 0.3 is 12.1 Å². The molecule has 0 spiro atoms. The van der Waals surface area contributed by atoms with E-state index in [2.05, 4.69) is 10.1 Å². The molecule has 184 valence electrons. The van der Waals surface area contributed by atoms with Crippen LogP contribution in [0, 0.1) is 6.92 Å². The first-order valence-electron chi connectivity index (χ1n) is 11.1. The van der Waals surface area contributed by atoms with Crippen LogP contribution in [0.1, 0.15) is 37.5 Å². The quantitative estimate of drug-likeness (QED) is 0.377. The molecule has 0 saturated heterocycles. The normalized spacial score (nSPS) is 13.7. The maximum atomic E-state index is 13.9. The fourth-order valence-electron chi connectivity index (χ4n) is 4.87. The predicted molar refractivity (Wildman–Crippen MR) is 127 cm³/mol. The zero-order valence-corrected chi connectivity index (χ0v) is 19.7. The molecule has 0 N–H and O–H groups in total. The van der Waals surface area contributed by atoms with Gasteiger partial charge in [-0.3, -0.25) is 14.5 Å². The summed E-state index contributed by atoms with van der Waals surface area (Å²) in [6, 6.07) is 8.89. The summed E-state index contributed by atoms with van der Waals surface area (Å²) in [5.41, 5.74) is 0.408. The number of aromatic nitrogens is 3. The molecule has 0 aliphatic carbocycles. The smallest absolute Gasteiger partial charge is 0.435 e. The Kier molecular flexibility index (Phi) is 5.54. The van der Waals surface area contributed by atoms with Crippen LogP contribution < -0.4 is 4.90 Å². The molecule has 0 saturated carbocycles. The maximum Gasteiger partial charge on any atom is 0.435 e. The summed E-state index contributed by atoms with van der Waals surface area (Å²) < 4.78 is 47.7. The lowest BCUT2D eigenvalue weighted by Crippen LogP contribution is -2.38. The number of anilines is 1. The number of ether oxygens (including phenoxy) is 1. The number of hydrogen-bond donors (Lipinski definition) is 0. The molecular formula is C26H21F3N4O3. The molecule has 2 aromatic heterocycles. The number of amides is 1. The highest BCUT2D eigenvalue weighted by atomic mass is 19.4. The number of aryl methyl sites for hydroxylation is 1. The monoisotopic (exact) mass is 494 g/mol. The number of fused-ring (bicyclic) bond motifs is 2. The molecule has 0 radical (unpaired) electrons. The van der Waals surface area contributed by atoms with Gasteiger partial charge < -0.3 is 9.64 Å². The number of hydrogen-bond acceptors (Lipinski definition) is 5. The zero-order valence-electron chi connectivity index (χ0n) is 19.7. The van der Waals surface area contributed by atoms with Gasteiger partial charge in [0, 0.05) is 47.9 Å². The van der Waals surface area contributed by atoms with E-state index in [9.17, 15) is 22.8 Å². The molecule has 3 heterocycles. The lowest BCUT2D eigenvalue weighted by molar-refractivity contribution is -0.140. The number of methoxy groups -OCH3 is 1. The van der Waals surface area contributed by atoms with Crippen molar-refractivity contribution in [3.8, 4) is 11.1 Å². The van der Waals surface area contributed by atoms with Crippen LogP contribution in [0.15, 0.2) is 48.9 Å². The van der Waals surface area contributed by atoms with Gasteiger partial charge in [-0.15, -0.1) is 0 Å². The van der Waals surface area contributed by atoms with E-state index in [1.165, 1.54) is 26.4 Å². The minimum Gasteiger partial charge on any atom is -0.465 e. The fraction of sp³-hybridized carbons (Fsp3) is 0.231. The number of benzene rings is 2. The van der Waals surface area contributed by atoms with Gasteiger partial charge in [0.25, 0.3) is 5.91 Å². The summed E-state index contributed by atoms with van der Waals surface area (Å²) >= 11 is 0. The Hall–Kier alpha value is -4.21. The highest BCUT2D eigenvalue weighted by Gasteiger charge is 2.40. The van der Waals surface area contributed by atoms with Crippen molar-refractivity contribution in [1.82, 2.24) is 14.8 Å². The van der Waals surface area contributed by atoms with Crippen LogP contribution in [0.25, 0.3) is 21.9 Å². The summed E-state index contributed by atoms with van der Waals surface area (Å²) in [4.78, 5) is 32.2. The van der Waals surface area contributed by atoms with Crippen LogP contribution >= 0.6 is 0 Å². The molecule has 0 atom stereocenters. The van der Waals surface area contributed by atoms with Crippen molar-refractivity contribution in [1.29, 1.82) is 0 Å². The molecule has 1 aliphatic heterocycles. The lowest BCUT2D eigenvalue weighted by atomic mass is 9.84. The van der Waals surface area contributed by atoms with Gasteiger partial charge in [0.2, 0.25) is 0 Å². The minimum absolute atomic E-state index is 0.0227. The van der Waals surface area contributed by atoms with Gasteiger partial charge in [-0.1, -0.05) is 24.3 Å². The Morgan fingerprint density at radius 1 is 1.14 bits per heavy atom. The van der Waals surface area contributed by atoms with E-state index in [4.69, 9.17) is 4.74 Å². The topological polar surface area (TPSA) is 77.3 Å². The Bertz CT molecular complexity index is 1540. The zero-order chi connectivity index (χ0) is 25.8. The van der Waals surface area contributed by atoms with Crippen LogP contribution in [0.3, 0.4) is 0 Å². The van der Waals surface area contributed by atoms with E-state index in [0.717, 1.165) is 15.5 Å². The average Bonchev–Trinajstić information content (AvgIpc) is 3.25. The fourth-order valence-corrected chi connectivity index (χ4v) is 4.87. The van der Waals surface area contributed by atoms with Crippen molar-refractivity contribution < 1.29 is 27.5 Å². The van der Waals surface area contributed by atoms with Crippen molar-refractivity contribution in [2.24, 2.45) is 7.05 Å². The Labute approximate surface area is 204 Å². The molecule has 36 heavy (non-hydrogen) atoms. The number of halogens is 3. The van der Waals surface area contributed by atoms with Crippen molar-refractivity contribution >= 4 is 28.3 Å². The molecule has 10 heteroatoms. The van der Waals surface area contributed by atoms with Crippen LogP contribution in [0.4, 0.5) is 18.9 Å². The van der Waals surface area contributed by atoms with Gasteiger partial charge in [-0.2, -0.15) is 18.3 Å². The van der Waals surface area contributed by atoms with E-state index < -0.39 is 23.7 Å². The van der Waals surface area contributed by atoms with Crippen molar-refractivity contribution in [3.05, 3.63) is 76.9 Å². The summed E-state index contributed by atoms with van der Waals surface area (Å²) in [5.74, 6) is -1.18. The summed E-state index contributed by atoms with van der Waals surface area (Å²) in [6.07, 6.45) is 0.0894. The summed E-state index contributed by atoms with van der Waals surface area (Å²) in [7, 11) is 2.58. The van der Waals surface area contributed by atoms with Gasteiger partial charge in [-0.05, 0) is 36.1 Å². The summed E-state index contributed by atoms with van der Waals surface area (Å²) in [5, 5.41) is 5.29. The second-order valence-corrected chi connectivity index (χ2v) is 8.59. The average molecular weight is 494 g/mol. The number of esters is 1. The van der Waals surface area contributed by atoms with E-state index in [0.29, 0.717) is 16.8 Å². The standard InChI is InChI=1S/C26H21F3N4O3/c1-14-18(25(35)36-3)10-19-17(22(14)20-13-32(2)31-23(20)26(27,28)29)8-9-33(24(19)34)21-12-30-11-15-6-4-5-7-16(15)21/h4-7,10-13H,8-9H2,1-3H3. The number of nitrogens with zero attached hydrogens (tertiary/aromatic N) is 4. The summed E-state index contributed by atoms with van der Waals surface area (Å²) in [6.45, 7) is 1.79. The molecule has 0 bridgehead atoms. The van der Waals surface area contributed by atoms with Gasteiger partial charge in [-0.25, -0.2) is 4.79 Å². The maximum absolute atomic E-state index is 13.9. The number of carbonyl (C=O) groups excluding carboxylic acids is 2. The number of rotatable bonds is 3. The highest BCUT2D eigenvalue weighted by molar-refractivity contribution is 6.14. The van der Waals surface area contributed by atoms with Crippen LogP contribution in [-0.2, 0) is 24.4 Å². The number of alkyl halides is 3. The molecule has 5 rings (SSSR count). The molecule has 4 aromatic rings. The van der Waals surface area contributed by atoms with Crippen molar-refractivity contribution in [2.75, 3.05) is 18.6 Å². The molecule has 2 aromatic carbocycles. The van der Waals surface area contributed by atoms with Crippen LogP contribution in [-0.4, -0.2) is 40.3 Å². The first kappa shape index (κ1) is 23.5. The predicted octanol–water partition coefficient (Wildman–Crippen LogP) is 4.95. The third-order valence-corrected chi connectivity index (χ3v) is 6.47. The molecule has 1 amide bonds. The van der Waals surface area contributed by atoms with E-state index in [1.807, 2.05) is 24.3 Å². The number of pyridine rings is 1. The number of carbonyl (C=O) groups is 2. The van der Waals surface area contributed by atoms with Crippen molar-refractivity contribution in [2.45, 2.75) is 19.5 Å². The molecule has 1 aliphatic rings. The lowest BCUT2D eigenvalue weighted by Gasteiger charge is -2.31. The first-order chi connectivity index (χ1) is 17.1. The third kappa shape index (κ3) is 3.69. The SMILES string of the molecule is COC(=O)c1cc2c(c(-c3cn(C)nc3C(F)(F)F)c1C)CCN(c1cncc3ccccc13)C2=O. The van der Waals surface area contributed by atoms with Crippen LogP contribution in [0.5, 0.6) is 0 Å². The molecule has 7 nitrogen and oxygen atoms in total. The van der Waals surface area contributed by atoms with Crippen LogP contribution in [0.2, 0.25) is 0 Å². The highest BCUT2D eigenvalue weighted by Crippen LogP contribution is 2.42. The molecule has 0 unspecified atom stereocenters. The second-order valence-electron chi connectivity index (χ2n) is 8.59. The van der Waals surface area contributed by atoms with Crippen molar-refractivity contribution in [3.63, 3.8) is 0 Å². The van der Waals surface area contributed by atoms with Gasteiger partial charge in [0.05, 0.1) is 24.6 Å². The Balaban J connectivity index is 1.75. The van der Waals surface area contributed by atoms with E-state index in [1.54, 1.807) is 24.2 Å². The Morgan fingerprint density at radius 3 is 2.61 bits per heavy atom. The molecule has 0 fully saturated rings. The largest absolute Gasteiger partial charge is 0.465 e. The van der Waals surface area contributed by atoms with Gasteiger partial charge in [0.1, 0.15) is 0 Å². The third-order valence-electron chi connectivity index (χ3n) is 6.47. The van der Waals surface area contributed by atoms with Gasteiger partial charge in [0.15, 0.2) is 5.69 Å². The molecular weight excluding hydrogens is 473 g/mol. The second kappa shape index (κ2) is 8.47. The first-order valence-corrected chi connectivity index (χ1v) is 11.1. The van der Waals surface area contributed by atoms with E-state index >= 15 is 0 Å². The Morgan fingerprint density at radius 2 is 1.89 bits per heavy atom.